The number of benzene rings is 2. The highest BCUT2D eigenvalue weighted by molar-refractivity contribution is 6.04. The number of anilines is 2. The highest BCUT2D eigenvalue weighted by atomic mass is 19.1. The van der Waals surface area contributed by atoms with Crippen LogP contribution in [0.15, 0.2) is 42.5 Å². The summed E-state index contributed by atoms with van der Waals surface area (Å²) in [4.78, 5) is 23.1. The number of carbonyl (C=O) groups is 2. The van der Waals surface area contributed by atoms with Crippen LogP contribution in [0.2, 0.25) is 0 Å². The Balaban J connectivity index is 2.19. The van der Waals surface area contributed by atoms with Crippen LogP contribution in [0.1, 0.15) is 22.8 Å². The molecule has 0 atom stereocenters. The molecule has 4 nitrogen and oxygen atoms in total. The first-order valence-electron chi connectivity index (χ1n) is 6.41. The summed E-state index contributed by atoms with van der Waals surface area (Å²) >= 11 is 0. The molecule has 2 aromatic carbocycles. The largest absolute Gasteiger partial charge is 0.326 e. The van der Waals surface area contributed by atoms with E-state index in [4.69, 9.17) is 0 Å². The molecule has 2 rings (SSSR count). The van der Waals surface area contributed by atoms with Gasteiger partial charge in [0.25, 0.3) is 5.91 Å². The molecule has 0 unspecified atom stereocenters. The molecule has 5 heteroatoms. The molecule has 2 amide bonds. The quantitative estimate of drug-likeness (QED) is 0.909. The lowest BCUT2D eigenvalue weighted by Gasteiger charge is -2.10. The molecule has 0 aromatic heterocycles. The summed E-state index contributed by atoms with van der Waals surface area (Å²) in [6.07, 6.45) is 0. The van der Waals surface area contributed by atoms with Gasteiger partial charge in [-0.3, -0.25) is 9.59 Å². The van der Waals surface area contributed by atoms with Gasteiger partial charge >= 0.3 is 0 Å². The molecule has 0 aliphatic rings. The molecule has 0 aliphatic carbocycles. The van der Waals surface area contributed by atoms with Crippen molar-refractivity contribution in [3.63, 3.8) is 0 Å². The standard InChI is InChI=1S/C16H15FN2O2/c1-10-6-7-14(9-15(10)18-11(2)20)19-16(21)12-4-3-5-13(17)8-12/h3-9H,1-2H3,(H,18,20)(H,19,21). The summed E-state index contributed by atoms with van der Waals surface area (Å²) < 4.78 is 13.1. The highest BCUT2D eigenvalue weighted by Gasteiger charge is 2.08. The average Bonchev–Trinajstić information content (AvgIpc) is 2.42. The summed E-state index contributed by atoms with van der Waals surface area (Å²) in [5.74, 6) is -1.07. The van der Waals surface area contributed by atoms with E-state index in [2.05, 4.69) is 10.6 Å². The Morgan fingerprint density at radius 1 is 1.05 bits per heavy atom. The van der Waals surface area contributed by atoms with Crippen molar-refractivity contribution in [2.75, 3.05) is 10.6 Å². The number of halogens is 1. The monoisotopic (exact) mass is 286 g/mol. The van der Waals surface area contributed by atoms with Crippen molar-refractivity contribution in [2.45, 2.75) is 13.8 Å². The van der Waals surface area contributed by atoms with Gasteiger partial charge in [-0.1, -0.05) is 12.1 Å². The third-order valence-electron chi connectivity index (χ3n) is 2.89. The molecule has 0 fully saturated rings. The molecule has 0 heterocycles. The van der Waals surface area contributed by atoms with Crippen LogP contribution in [0.4, 0.5) is 15.8 Å². The molecule has 0 saturated heterocycles. The maximum absolute atomic E-state index is 13.1. The Morgan fingerprint density at radius 3 is 2.48 bits per heavy atom. The predicted molar refractivity (Wildman–Crippen MR) is 79.8 cm³/mol. The summed E-state index contributed by atoms with van der Waals surface area (Å²) in [5, 5.41) is 5.35. The van der Waals surface area contributed by atoms with Gasteiger partial charge in [0.1, 0.15) is 5.82 Å². The van der Waals surface area contributed by atoms with Crippen LogP contribution in [-0.2, 0) is 4.79 Å². The predicted octanol–water partition coefficient (Wildman–Crippen LogP) is 3.34. The van der Waals surface area contributed by atoms with Crippen molar-refractivity contribution in [3.8, 4) is 0 Å². The maximum Gasteiger partial charge on any atom is 0.255 e. The van der Waals surface area contributed by atoms with Crippen LogP contribution in [0.25, 0.3) is 0 Å². The van der Waals surface area contributed by atoms with Gasteiger partial charge in [-0.05, 0) is 42.8 Å². The molecule has 0 aliphatic heterocycles. The van der Waals surface area contributed by atoms with E-state index in [1.807, 2.05) is 6.92 Å². The van der Waals surface area contributed by atoms with E-state index < -0.39 is 11.7 Å². The van der Waals surface area contributed by atoms with Gasteiger partial charge in [-0.25, -0.2) is 4.39 Å². The normalized spacial score (nSPS) is 10.0. The van der Waals surface area contributed by atoms with E-state index >= 15 is 0 Å². The maximum atomic E-state index is 13.1. The molecule has 0 spiro atoms. The van der Waals surface area contributed by atoms with Crippen molar-refractivity contribution < 1.29 is 14.0 Å². The van der Waals surface area contributed by atoms with Crippen molar-refractivity contribution in [2.24, 2.45) is 0 Å². The van der Waals surface area contributed by atoms with Crippen molar-refractivity contribution in [1.29, 1.82) is 0 Å². The van der Waals surface area contributed by atoms with Crippen molar-refractivity contribution in [1.82, 2.24) is 0 Å². The minimum Gasteiger partial charge on any atom is -0.326 e. The second kappa shape index (κ2) is 6.17. The molecule has 2 N–H and O–H groups in total. The number of hydrogen-bond donors (Lipinski definition) is 2. The van der Waals surface area contributed by atoms with Crippen molar-refractivity contribution in [3.05, 3.63) is 59.4 Å². The molecular weight excluding hydrogens is 271 g/mol. The molecule has 0 radical (unpaired) electrons. The fourth-order valence-electron chi connectivity index (χ4n) is 1.86. The zero-order valence-corrected chi connectivity index (χ0v) is 11.7. The van der Waals surface area contributed by atoms with Gasteiger partial charge in [0.05, 0.1) is 0 Å². The van der Waals surface area contributed by atoms with E-state index in [1.165, 1.54) is 25.1 Å². The van der Waals surface area contributed by atoms with Gasteiger partial charge in [0.15, 0.2) is 0 Å². The topological polar surface area (TPSA) is 58.2 Å². The Hall–Kier alpha value is -2.69. The van der Waals surface area contributed by atoms with Crippen LogP contribution in [-0.4, -0.2) is 11.8 Å². The first-order chi connectivity index (χ1) is 9.95. The lowest BCUT2D eigenvalue weighted by Crippen LogP contribution is -2.13. The molecule has 21 heavy (non-hydrogen) atoms. The molecule has 2 aromatic rings. The Kier molecular flexibility index (Phi) is 4.33. The zero-order valence-electron chi connectivity index (χ0n) is 11.7. The van der Waals surface area contributed by atoms with E-state index in [0.717, 1.165) is 11.6 Å². The van der Waals surface area contributed by atoms with Crippen LogP contribution in [0, 0.1) is 12.7 Å². The number of aryl methyl sites for hydroxylation is 1. The Labute approximate surface area is 122 Å². The second-order valence-corrected chi connectivity index (χ2v) is 4.68. The number of amides is 2. The van der Waals surface area contributed by atoms with E-state index in [1.54, 1.807) is 18.2 Å². The number of carbonyl (C=O) groups excluding carboxylic acids is 2. The summed E-state index contributed by atoms with van der Waals surface area (Å²) in [5.41, 5.74) is 2.27. The van der Waals surface area contributed by atoms with Gasteiger partial charge < -0.3 is 10.6 Å². The summed E-state index contributed by atoms with van der Waals surface area (Å²) in [6.45, 7) is 3.26. The Morgan fingerprint density at radius 2 is 1.81 bits per heavy atom. The third kappa shape index (κ3) is 3.89. The van der Waals surface area contributed by atoms with E-state index in [0.29, 0.717) is 11.4 Å². The molecule has 0 saturated carbocycles. The van der Waals surface area contributed by atoms with Gasteiger partial charge in [0, 0.05) is 23.9 Å². The third-order valence-corrected chi connectivity index (χ3v) is 2.89. The second-order valence-electron chi connectivity index (χ2n) is 4.68. The van der Waals surface area contributed by atoms with E-state index in [-0.39, 0.29) is 11.5 Å². The smallest absolute Gasteiger partial charge is 0.255 e. The fraction of sp³-hybridized carbons (Fsp3) is 0.125. The summed E-state index contributed by atoms with van der Waals surface area (Å²) in [7, 11) is 0. The zero-order chi connectivity index (χ0) is 15.4. The molecule has 0 bridgehead atoms. The number of rotatable bonds is 3. The van der Waals surface area contributed by atoms with Crippen LogP contribution < -0.4 is 10.6 Å². The van der Waals surface area contributed by atoms with Crippen LogP contribution in [0.3, 0.4) is 0 Å². The minimum atomic E-state index is -0.467. The molecular formula is C16H15FN2O2. The SMILES string of the molecule is CC(=O)Nc1cc(NC(=O)c2cccc(F)c2)ccc1C. The number of hydrogen-bond acceptors (Lipinski definition) is 2. The van der Waals surface area contributed by atoms with Crippen molar-refractivity contribution >= 4 is 23.2 Å². The number of nitrogens with one attached hydrogen (secondary N) is 2. The van der Waals surface area contributed by atoms with Gasteiger partial charge in [0.2, 0.25) is 5.91 Å². The lowest BCUT2D eigenvalue weighted by atomic mass is 10.1. The average molecular weight is 286 g/mol. The first-order valence-corrected chi connectivity index (χ1v) is 6.41. The minimum absolute atomic E-state index is 0.188. The fourth-order valence-corrected chi connectivity index (χ4v) is 1.86. The highest BCUT2D eigenvalue weighted by Crippen LogP contribution is 2.21. The lowest BCUT2D eigenvalue weighted by molar-refractivity contribution is -0.114. The first kappa shape index (κ1) is 14.7. The van der Waals surface area contributed by atoms with Crippen LogP contribution >= 0.6 is 0 Å². The Bertz CT molecular complexity index is 698. The van der Waals surface area contributed by atoms with E-state index in [9.17, 15) is 14.0 Å². The summed E-state index contributed by atoms with van der Waals surface area (Å²) in [6, 6.07) is 10.6. The van der Waals surface area contributed by atoms with Crippen LogP contribution in [0.5, 0.6) is 0 Å². The van der Waals surface area contributed by atoms with Gasteiger partial charge in [-0.15, -0.1) is 0 Å². The molecule has 108 valence electrons. The van der Waals surface area contributed by atoms with Gasteiger partial charge in [-0.2, -0.15) is 0 Å².